The van der Waals surface area contributed by atoms with E-state index in [4.69, 9.17) is 14.2 Å². The fraction of sp³-hybridized carbons (Fsp3) is 0.632. The fourth-order valence-electron chi connectivity index (χ4n) is 2.80. The lowest BCUT2D eigenvalue weighted by atomic mass is 10.2. The monoisotopic (exact) mass is 437 g/mol. The molecule has 162 valence electrons. The number of benzene rings is 1. The molecule has 0 radical (unpaired) electrons. The van der Waals surface area contributed by atoms with Crippen LogP contribution >= 0.6 is 24.8 Å². The smallest absolute Gasteiger partial charge is 0.250 e. The molecular weight excluding hydrogens is 405 g/mol. The number of carbonyl (C=O) groups excluding carboxylic acids is 1. The van der Waals surface area contributed by atoms with Gasteiger partial charge in [-0.3, -0.25) is 4.79 Å². The van der Waals surface area contributed by atoms with Crippen molar-refractivity contribution in [3.63, 3.8) is 0 Å². The van der Waals surface area contributed by atoms with Crippen LogP contribution in [0.3, 0.4) is 0 Å². The third-order valence-electron chi connectivity index (χ3n) is 4.47. The van der Waals surface area contributed by atoms with Crippen LogP contribution in [0.1, 0.15) is 19.4 Å². The summed E-state index contributed by atoms with van der Waals surface area (Å²) in [6, 6.07) is 5.73. The number of morpholine rings is 1. The normalized spacial score (nSPS) is 15.9. The summed E-state index contributed by atoms with van der Waals surface area (Å²) in [4.78, 5) is 14.4. The van der Waals surface area contributed by atoms with E-state index in [2.05, 4.69) is 29.4 Å². The van der Waals surface area contributed by atoms with Crippen molar-refractivity contribution in [3.05, 3.63) is 23.8 Å². The lowest BCUT2D eigenvalue weighted by Gasteiger charge is -2.22. The second kappa shape index (κ2) is 14.7. The number of halogens is 2. The van der Waals surface area contributed by atoms with Gasteiger partial charge in [0.2, 0.25) is 0 Å². The minimum Gasteiger partial charge on any atom is -0.493 e. The third-order valence-corrected chi connectivity index (χ3v) is 4.47. The molecule has 1 aromatic rings. The predicted octanol–water partition coefficient (Wildman–Crippen LogP) is 1.86. The predicted molar refractivity (Wildman–Crippen MR) is 115 cm³/mol. The van der Waals surface area contributed by atoms with Crippen LogP contribution in [0.4, 0.5) is 0 Å². The molecule has 0 saturated carbocycles. The highest BCUT2D eigenvalue weighted by atomic mass is 35.5. The molecule has 1 aliphatic heterocycles. The molecule has 7 nitrogen and oxygen atoms in total. The van der Waals surface area contributed by atoms with Gasteiger partial charge in [0.25, 0.3) is 5.91 Å². The first-order valence-electron chi connectivity index (χ1n) is 9.30. The summed E-state index contributed by atoms with van der Waals surface area (Å²) >= 11 is 0. The van der Waals surface area contributed by atoms with Crippen molar-refractivity contribution in [1.82, 2.24) is 15.5 Å². The van der Waals surface area contributed by atoms with E-state index in [1.165, 1.54) is 0 Å². The molecule has 0 aliphatic carbocycles. The summed E-state index contributed by atoms with van der Waals surface area (Å²) in [5.74, 6) is 1.29. The van der Waals surface area contributed by atoms with Crippen molar-refractivity contribution >= 4 is 30.7 Å². The Labute approximate surface area is 180 Å². The molecule has 1 heterocycles. The van der Waals surface area contributed by atoms with E-state index in [1.54, 1.807) is 7.11 Å². The van der Waals surface area contributed by atoms with Gasteiger partial charge < -0.3 is 29.7 Å². The van der Waals surface area contributed by atoms with Gasteiger partial charge in [0.1, 0.15) is 12.7 Å². The Kier molecular flexibility index (Phi) is 14.0. The lowest BCUT2D eigenvalue weighted by Crippen LogP contribution is -2.47. The van der Waals surface area contributed by atoms with Gasteiger partial charge in [-0.25, -0.2) is 0 Å². The van der Waals surface area contributed by atoms with Crippen LogP contribution in [-0.4, -0.2) is 70.0 Å². The highest BCUT2D eigenvalue weighted by molar-refractivity contribution is 5.85. The third kappa shape index (κ3) is 8.41. The number of nitrogens with one attached hydrogen (secondary N) is 2. The second-order valence-electron chi connectivity index (χ2n) is 6.14. The number of methoxy groups -OCH3 is 1. The molecule has 9 heteroatoms. The minimum absolute atomic E-state index is 0. The molecule has 2 rings (SSSR count). The van der Waals surface area contributed by atoms with Crippen molar-refractivity contribution in [1.29, 1.82) is 0 Å². The maximum Gasteiger partial charge on any atom is 0.250 e. The first-order chi connectivity index (χ1) is 12.7. The van der Waals surface area contributed by atoms with Gasteiger partial charge in [-0.05, 0) is 30.8 Å². The molecule has 1 amide bonds. The zero-order valence-corrected chi connectivity index (χ0v) is 18.5. The zero-order chi connectivity index (χ0) is 18.8. The largest absolute Gasteiger partial charge is 0.493 e. The Bertz CT molecular complexity index is 568. The van der Waals surface area contributed by atoms with Crippen LogP contribution in [0.2, 0.25) is 0 Å². The molecule has 0 spiro atoms. The first kappa shape index (κ1) is 26.8. The molecule has 1 fully saturated rings. The Morgan fingerprint density at radius 3 is 2.64 bits per heavy atom. The molecule has 1 atom stereocenters. The number of amides is 1. The van der Waals surface area contributed by atoms with Gasteiger partial charge in [0.15, 0.2) is 11.5 Å². The van der Waals surface area contributed by atoms with Crippen molar-refractivity contribution in [3.8, 4) is 11.5 Å². The number of ether oxygens (including phenoxy) is 3. The van der Waals surface area contributed by atoms with Gasteiger partial charge in [-0.15, -0.1) is 24.8 Å². The number of hydrogen-bond acceptors (Lipinski definition) is 6. The van der Waals surface area contributed by atoms with E-state index in [-0.39, 0.29) is 30.7 Å². The molecule has 28 heavy (non-hydrogen) atoms. The average Bonchev–Trinajstić information content (AvgIpc) is 2.70. The maximum atomic E-state index is 12.1. The molecule has 1 aromatic carbocycles. The van der Waals surface area contributed by atoms with Gasteiger partial charge >= 0.3 is 0 Å². The highest BCUT2D eigenvalue weighted by Gasteiger charge is 2.21. The van der Waals surface area contributed by atoms with Crippen molar-refractivity contribution < 1.29 is 19.0 Å². The van der Waals surface area contributed by atoms with Crippen molar-refractivity contribution in [2.45, 2.75) is 26.5 Å². The van der Waals surface area contributed by atoms with E-state index >= 15 is 0 Å². The van der Waals surface area contributed by atoms with E-state index in [1.807, 2.05) is 18.2 Å². The van der Waals surface area contributed by atoms with E-state index in [9.17, 15) is 4.79 Å². The summed E-state index contributed by atoms with van der Waals surface area (Å²) < 4.78 is 16.7. The molecule has 1 aliphatic rings. The molecule has 2 N–H and O–H groups in total. The Balaban J connectivity index is 0.00000364. The Morgan fingerprint density at radius 2 is 2.04 bits per heavy atom. The van der Waals surface area contributed by atoms with E-state index in [0.717, 1.165) is 37.5 Å². The SMILES string of the molecule is CCN(CC)CCOc1ccc(CNC(=O)C2CNCCO2)cc1OC.Cl.Cl. The number of rotatable bonds is 10. The topological polar surface area (TPSA) is 72.1 Å². The summed E-state index contributed by atoms with van der Waals surface area (Å²) in [6.07, 6.45) is -0.423. The first-order valence-corrected chi connectivity index (χ1v) is 9.30. The summed E-state index contributed by atoms with van der Waals surface area (Å²) in [5, 5.41) is 6.06. The second-order valence-corrected chi connectivity index (χ2v) is 6.14. The molecule has 0 aromatic heterocycles. The standard InChI is InChI=1S/C19H31N3O4.2ClH/c1-4-22(5-2)9-11-26-16-7-6-15(12-17(16)24-3)13-21-19(23)18-14-20-8-10-25-18;;/h6-7,12,18,20H,4-5,8-11,13-14H2,1-3H3,(H,21,23);2*1H. The van der Waals surface area contributed by atoms with Crippen LogP contribution in [0.25, 0.3) is 0 Å². The molecule has 0 bridgehead atoms. The Hall–Kier alpha value is -1.25. The van der Waals surface area contributed by atoms with Crippen LogP contribution in [0.5, 0.6) is 11.5 Å². The van der Waals surface area contributed by atoms with Crippen LogP contribution < -0.4 is 20.1 Å². The maximum absolute atomic E-state index is 12.1. The van der Waals surface area contributed by atoms with Crippen molar-refractivity contribution in [2.24, 2.45) is 0 Å². The summed E-state index contributed by atoms with van der Waals surface area (Å²) in [5.41, 5.74) is 0.954. The van der Waals surface area contributed by atoms with Crippen LogP contribution in [0.15, 0.2) is 18.2 Å². The number of carbonyl (C=O) groups is 1. The van der Waals surface area contributed by atoms with Gasteiger partial charge in [0, 0.05) is 26.2 Å². The quantitative estimate of drug-likeness (QED) is 0.581. The molecule has 1 saturated heterocycles. The van der Waals surface area contributed by atoms with Gasteiger partial charge in [0.05, 0.1) is 13.7 Å². The van der Waals surface area contributed by atoms with Crippen LogP contribution in [-0.2, 0) is 16.1 Å². The highest BCUT2D eigenvalue weighted by Crippen LogP contribution is 2.28. The van der Waals surface area contributed by atoms with Gasteiger partial charge in [-0.2, -0.15) is 0 Å². The fourth-order valence-corrected chi connectivity index (χ4v) is 2.80. The molecular formula is C19H33Cl2N3O4. The summed E-state index contributed by atoms with van der Waals surface area (Å²) in [6.45, 7) is 10.1. The number of hydrogen-bond donors (Lipinski definition) is 2. The Morgan fingerprint density at radius 1 is 1.29 bits per heavy atom. The van der Waals surface area contributed by atoms with Crippen LogP contribution in [0, 0.1) is 0 Å². The van der Waals surface area contributed by atoms with Gasteiger partial charge in [-0.1, -0.05) is 19.9 Å². The minimum atomic E-state index is -0.423. The van der Waals surface area contributed by atoms with Crippen molar-refractivity contribution in [2.75, 3.05) is 53.0 Å². The number of likely N-dealkylation sites (N-methyl/N-ethyl adjacent to an activating group) is 1. The molecule has 1 unspecified atom stereocenters. The zero-order valence-electron chi connectivity index (χ0n) is 16.9. The number of nitrogens with zero attached hydrogens (tertiary/aromatic N) is 1. The van der Waals surface area contributed by atoms with E-state index < -0.39 is 6.10 Å². The van der Waals surface area contributed by atoms with E-state index in [0.29, 0.717) is 32.1 Å². The average molecular weight is 438 g/mol. The lowest BCUT2D eigenvalue weighted by molar-refractivity contribution is -0.134. The summed E-state index contributed by atoms with van der Waals surface area (Å²) in [7, 11) is 1.62.